The predicted molar refractivity (Wildman–Crippen MR) is 69.3 cm³/mol. The molecule has 0 aliphatic heterocycles. The van der Waals surface area contributed by atoms with Crippen LogP contribution in [0.2, 0.25) is 0 Å². The van der Waals surface area contributed by atoms with Crippen molar-refractivity contribution in [1.29, 1.82) is 0 Å². The highest BCUT2D eigenvalue weighted by Crippen LogP contribution is 2.32. The number of ether oxygens (including phenoxy) is 1. The van der Waals surface area contributed by atoms with E-state index in [0.29, 0.717) is 18.6 Å². The minimum Gasteiger partial charge on any atom is -0.496 e. The van der Waals surface area contributed by atoms with Crippen LogP contribution in [0.1, 0.15) is 31.4 Å². The van der Waals surface area contributed by atoms with Crippen LogP contribution in [0.15, 0.2) is 18.2 Å². The van der Waals surface area contributed by atoms with Gasteiger partial charge in [-0.1, -0.05) is 0 Å². The van der Waals surface area contributed by atoms with Crippen LogP contribution < -0.4 is 4.74 Å². The number of carbonyl (C=O) groups excluding carboxylic acids is 1. The molecule has 100 valence electrons. The Morgan fingerprint density at radius 2 is 2.11 bits per heavy atom. The topological polar surface area (TPSA) is 29.5 Å². The summed E-state index contributed by atoms with van der Waals surface area (Å²) < 4.78 is 18.6. The predicted octanol–water partition coefficient (Wildman–Crippen LogP) is 2.81. The Morgan fingerprint density at radius 3 is 2.61 bits per heavy atom. The summed E-state index contributed by atoms with van der Waals surface area (Å²) in [5.41, 5.74) is 0.781. The van der Waals surface area contributed by atoms with E-state index in [0.717, 1.165) is 5.56 Å². The molecule has 4 heteroatoms. The smallest absolute Gasteiger partial charge is 0.129 e. The molecule has 1 aromatic rings. The zero-order chi connectivity index (χ0) is 13.7. The van der Waals surface area contributed by atoms with E-state index in [1.54, 1.807) is 20.1 Å². The fourth-order valence-corrected chi connectivity index (χ4v) is 2.00. The molecule has 0 bridgehead atoms. The summed E-state index contributed by atoms with van der Waals surface area (Å²) in [6.45, 7) is 1.57. The first-order chi connectivity index (χ1) is 8.45. The van der Waals surface area contributed by atoms with Crippen LogP contribution in [0.3, 0.4) is 0 Å². The molecular formula is C14H20FNO2. The third-order valence-electron chi connectivity index (χ3n) is 2.94. The number of nitrogens with zero attached hydrogens (tertiary/aromatic N) is 1. The van der Waals surface area contributed by atoms with Gasteiger partial charge in [-0.15, -0.1) is 0 Å². The first-order valence-corrected chi connectivity index (χ1v) is 5.95. The van der Waals surface area contributed by atoms with Gasteiger partial charge in [0.05, 0.1) is 7.11 Å². The summed E-state index contributed by atoms with van der Waals surface area (Å²) in [5, 5.41) is 0. The highest BCUT2D eigenvalue weighted by Gasteiger charge is 2.19. The second-order valence-electron chi connectivity index (χ2n) is 4.61. The lowest BCUT2D eigenvalue weighted by atomic mass is 9.99. The number of ketones is 1. The number of rotatable bonds is 6. The van der Waals surface area contributed by atoms with E-state index < -0.39 is 0 Å². The average molecular weight is 253 g/mol. The molecule has 18 heavy (non-hydrogen) atoms. The zero-order valence-electron chi connectivity index (χ0n) is 11.4. The van der Waals surface area contributed by atoms with E-state index in [9.17, 15) is 9.18 Å². The van der Waals surface area contributed by atoms with E-state index in [4.69, 9.17) is 4.74 Å². The van der Waals surface area contributed by atoms with Crippen LogP contribution in [0, 0.1) is 5.82 Å². The monoisotopic (exact) mass is 253 g/mol. The van der Waals surface area contributed by atoms with Crippen LogP contribution in [0.5, 0.6) is 5.75 Å². The maximum Gasteiger partial charge on any atom is 0.129 e. The number of halogens is 1. The highest BCUT2D eigenvalue weighted by molar-refractivity contribution is 5.75. The highest BCUT2D eigenvalue weighted by atomic mass is 19.1. The molecule has 0 radical (unpaired) electrons. The van der Waals surface area contributed by atoms with Crippen molar-refractivity contribution in [2.24, 2.45) is 0 Å². The molecule has 0 aliphatic carbocycles. The fourth-order valence-electron chi connectivity index (χ4n) is 2.00. The van der Waals surface area contributed by atoms with Crippen LogP contribution in [-0.4, -0.2) is 31.9 Å². The largest absolute Gasteiger partial charge is 0.496 e. The van der Waals surface area contributed by atoms with Gasteiger partial charge in [-0.25, -0.2) is 4.39 Å². The second kappa shape index (κ2) is 6.50. The molecule has 1 rings (SSSR count). The molecule has 0 spiro atoms. The molecular weight excluding hydrogens is 233 g/mol. The summed E-state index contributed by atoms with van der Waals surface area (Å²) in [6.07, 6.45) is 1.13. The van der Waals surface area contributed by atoms with Crippen molar-refractivity contribution in [3.63, 3.8) is 0 Å². The lowest BCUT2D eigenvalue weighted by Gasteiger charge is -2.26. The number of benzene rings is 1. The van der Waals surface area contributed by atoms with Gasteiger partial charge >= 0.3 is 0 Å². The van der Waals surface area contributed by atoms with Crippen molar-refractivity contribution >= 4 is 5.78 Å². The fraction of sp³-hybridized carbons (Fsp3) is 0.500. The maximum absolute atomic E-state index is 13.4. The zero-order valence-corrected chi connectivity index (χ0v) is 11.4. The normalized spacial score (nSPS) is 12.6. The molecule has 0 heterocycles. The lowest BCUT2D eigenvalue weighted by Crippen LogP contribution is -2.21. The van der Waals surface area contributed by atoms with E-state index in [2.05, 4.69) is 0 Å². The van der Waals surface area contributed by atoms with E-state index in [1.165, 1.54) is 12.1 Å². The minimum absolute atomic E-state index is 0.0282. The van der Waals surface area contributed by atoms with Crippen LogP contribution >= 0.6 is 0 Å². The summed E-state index contributed by atoms with van der Waals surface area (Å²) in [7, 11) is 5.39. The van der Waals surface area contributed by atoms with E-state index in [1.807, 2.05) is 19.0 Å². The standard InChI is InChI=1S/C14H20FNO2/c1-10(17)5-7-13(16(2)3)12-9-11(15)6-8-14(12)18-4/h6,8-9,13H,5,7H2,1-4H3. The Hall–Kier alpha value is -1.42. The molecule has 3 nitrogen and oxygen atoms in total. The summed E-state index contributed by atoms with van der Waals surface area (Å²) in [5.74, 6) is 0.497. The number of hydrogen-bond acceptors (Lipinski definition) is 3. The van der Waals surface area contributed by atoms with Crippen LogP contribution in [0.4, 0.5) is 4.39 Å². The Kier molecular flexibility index (Phi) is 5.28. The van der Waals surface area contributed by atoms with Gasteiger partial charge in [0.1, 0.15) is 17.3 Å². The Balaban J connectivity index is 3.04. The average Bonchev–Trinajstić information content (AvgIpc) is 2.28. The summed E-state index contributed by atoms with van der Waals surface area (Å²) in [6, 6.07) is 4.44. The lowest BCUT2D eigenvalue weighted by molar-refractivity contribution is -0.117. The molecule has 0 amide bonds. The molecule has 0 saturated heterocycles. The quantitative estimate of drug-likeness (QED) is 0.780. The number of Topliss-reactive ketones (excluding diaryl/α,β-unsaturated/α-hetero) is 1. The molecule has 0 N–H and O–H groups in total. The summed E-state index contributed by atoms with van der Waals surface area (Å²) >= 11 is 0. The minimum atomic E-state index is -0.291. The van der Waals surface area contributed by atoms with E-state index >= 15 is 0 Å². The van der Waals surface area contributed by atoms with Crippen molar-refractivity contribution in [3.05, 3.63) is 29.6 Å². The third kappa shape index (κ3) is 3.81. The number of hydrogen-bond donors (Lipinski definition) is 0. The van der Waals surface area contributed by atoms with Crippen LogP contribution in [-0.2, 0) is 4.79 Å². The van der Waals surface area contributed by atoms with Gasteiger partial charge in [0.25, 0.3) is 0 Å². The van der Waals surface area contributed by atoms with Crippen molar-refractivity contribution in [3.8, 4) is 5.75 Å². The van der Waals surface area contributed by atoms with Gasteiger partial charge in [0.2, 0.25) is 0 Å². The van der Waals surface area contributed by atoms with Gasteiger partial charge in [-0.3, -0.25) is 0 Å². The molecule has 1 aromatic carbocycles. The molecule has 0 aliphatic rings. The second-order valence-corrected chi connectivity index (χ2v) is 4.61. The SMILES string of the molecule is COc1ccc(F)cc1C(CCC(C)=O)N(C)C. The van der Waals surface area contributed by atoms with Crippen molar-refractivity contribution in [1.82, 2.24) is 4.90 Å². The molecule has 1 unspecified atom stereocenters. The van der Waals surface area contributed by atoms with Crippen LogP contribution in [0.25, 0.3) is 0 Å². The van der Waals surface area contributed by atoms with Crippen molar-refractivity contribution < 1.29 is 13.9 Å². The van der Waals surface area contributed by atoms with Gasteiger partial charge in [0, 0.05) is 18.0 Å². The number of methoxy groups -OCH3 is 1. The molecule has 0 saturated carbocycles. The first-order valence-electron chi connectivity index (χ1n) is 5.95. The Morgan fingerprint density at radius 1 is 1.44 bits per heavy atom. The van der Waals surface area contributed by atoms with E-state index in [-0.39, 0.29) is 17.6 Å². The van der Waals surface area contributed by atoms with Gasteiger partial charge < -0.3 is 14.4 Å². The maximum atomic E-state index is 13.4. The van der Waals surface area contributed by atoms with Crippen molar-refractivity contribution in [2.45, 2.75) is 25.8 Å². The number of carbonyl (C=O) groups is 1. The Labute approximate surface area is 108 Å². The molecule has 0 fully saturated rings. The van der Waals surface area contributed by atoms with Crippen molar-refractivity contribution in [2.75, 3.05) is 21.2 Å². The summed E-state index contributed by atoms with van der Waals surface area (Å²) in [4.78, 5) is 13.1. The first kappa shape index (κ1) is 14.6. The third-order valence-corrected chi connectivity index (χ3v) is 2.94. The molecule has 0 aromatic heterocycles. The van der Waals surface area contributed by atoms with Gasteiger partial charge in [0.15, 0.2) is 0 Å². The van der Waals surface area contributed by atoms with Gasteiger partial charge in [-0.2, -0.15) is 0 Å². The Bertz CT molecular complexity index is 418. The molecule has 1 atom stereocenters. The van der Waals surface area contributed by atoms with Gasteiger partial charge in [-0.05, 0) is 45.6 Å².